The van der Waals surface area contributed by atoms with Gasteiger partial charge < -0.3 is 10.1 Å². The Morgan fingerprint density at radius 1 is 1.00 bits per heavy atom. The zero-order valence-electron chi connectivity index (χ0n) is 17.8. The molecule has 2 aromatic carbocycles. The van der Waals surface area contributed by atoms with Gasteiger partial charge in [0.05, 0.1) is 17.2 Å². The first-order chi connectivity index (χ1) is 14.7. The van der Waals surface area contributed by atoms with E-state index in [2.05, 4.69) is 17.2 Å². The number of rotatable bonds is 10. The van der Waals surface area contributed by atoms with Crippen molar-refractivity contribution in [3.05, 3.63) is 64.6 Å². The molecular formula is C25H30N2O2S. The second-order valence-corrected chi connectivity index (χ2v) is 8.48. The van der Waals surface area contributed by atoms with Crippen molar-refractivity contribution in [2.24, 2.45) is 4.99 Å². The van der Waals surface area contributed by atoms with Crippen LogP contribution in [0.3, 0.4) is 0 Å². The fraction of sp³-hybridized carbons (Fsp3) is 0.360. The number of carbonyl (C=O) groups is 1. The van der Waals surface area contributed by atoms with Gasteiger partial charge in [0, 0.05) is 0 Å². The minimum absolute atomic E-state index is 0.115. The van der Waals surface area contributed by atoms with E-state index < -0.39 is 0 Å². The summed E-state index contributed by atoms with van der Waals surface area (Å²) in [6.07, 6.45) is 9.42. The molecule has 0 atom stereocenters. The van der Waals surface area contributed by atoms with Crippen LogP contribution in [0.25, 0.3) is 6.08 Å². The van der Waals surface area contributed by atoms with Crippen LogP contribution in [0.1, 0.15) is 56.6 Å². The number of hydrogen-bond donors (Lipinski definition) is 1. The predicted octanol–water partition coefficient (Wildman–Crippen LogP) is 6.63. The van der Waals surface area contributed by atoms with Gasteiger partial charge in [-0.1, -0.05) is 69.4 Å². The van der Waals surface area contributed by atoms with Gasteiger partial charge in [-0.05, 0) is 60.5 Å². The maximum absolute atomic E-state index is 12.3. The number of aryl methyl sites for hydroxylation is 1. The summed E-state index contributed by atoms with van der Waals surface area (Å²) in [4.78, 5) is 17.5. The minimum atomic E-state index is -0.115. The Balaban J connectivity index is 1.52. The zero-order valence-corrected chi connectivity index (χ0v) is 18.6. The van der Waals surface area contributed by atoms with Crippen molar-refractivity contribution < 1.29 is 9.53 Å². The number of nitrogens with one attached hydrogen (secondary N) is 1. The fourth-order valence-electron chi connectivity index (χ4n) is 3.16. The number of nitrogens with zero attached hydrogens (tertiary/aromatic N) is 1. The molecule has 1 saturated heterocycles. The van der Waals surface area contributed by atoms with E-state index >= 15 is 0 Å². The Morgan fingerprint density at radius 2 is 1.73 bits per heavy atom. The van der Waals surface area contributed by atoms with Crippen LogP contribution in [0.2, 0.25) is 0 Å². The highest BCUT2D eigenvalue weighted by molar-refractivity contribution is 8.18. The smallest absolute Gasteiger partial charge is 0.264 e. The van der Waals surface area contributed by atoms with Crippen LogP contribution in [-0.4, -0.2) is 17.7 Å². The Labute approximate surface area is 183 Å². The summed E-state index contributed by atoms with van der Waals surface area (Å²) in [5, 5.41) is 3.46. The topological polar surface area (TPSA) is 50.7 Å². The number of hydrogen-bond acceptors (Lipinski definition) is 4. The SMILES string of the molecule is CCCCCCCCOc1ccc(C=C2SC(=Nc3ccccc3C)NC2=O)cc1. The number of thioether (sulfide) groups is 1. The molecule has 3 rings (SSSR count). The highest BCUT2D eigenvalue weighted by atomic mass is 32.2. The van der Waals surface area contributed by atoms with Gasteiger partial charge in [-0.25, -0.2) is 4.99 Å². The molecule has 0 aliphatic carbocycles. The molecule has 30 heavy (non-hydrogen) atoms. The first kappa shape index (κ1) is 22.2. The number of unbranched alkanes of at least 4 members (excludes halogenated alkanes) is 5. The maximum atomic E-state index is 12.3. The van der Waals surface area contributed by atoms with Crippen molar-refractivity contribution in [2.45, 2.75) is 52.4 Å². The predicted molar refractivity (Wildman–Crippen MR) is 127 cm³/mol. The normalized spacial score (nSPS) is 16.3. The first-order valence-corrected chi connectivity index (χ1v) is 11.6. The first-order valence-electron chi connectivity index (χ1n) is 10.7. The van der Waals surface area contributed by atoms with Crippen molar-refractivity contribution in [1.82, 2.24) is 5.32 Å². The number of para-hydroxylation sites is 1. The van der Waals surface area contributed by atoms with Crippen molar-refractivity contribution in [2.75, 3.05) is 6.61 Å². The Kier molecular flexibility index (Phi) is 8.57. The van der Waals surface area contributed by atoms with Gasteiger partial charge in [-0.15, -0.1) is 0 Å². The number of amides is 1. The quantitative estimate of drug-likeness (QED) is 0.345. The number of carbonyl (C=O) groups excluding carboxylic acids is 1. The average molecular weight is 423 g/mol. The van der Waals surface area contributed by atoms with Crippen LogP contribution in [-0.2, 0) is 4.79 Å². The second kappa shape index (κ2) is 11.6. The molecular weight excluding hydrogens is 392 g/mol. The molecule has 0 radical (unpaired) electrons. The standard InChI is InChI=1S/C25H30N2O2S/c1-3-4-5-6-7-10-17-29-21-15-13-20(14-16-21)18-23-24(28)27-25(30-23)26-22-12-9-8-11-19(22)2/h8-9,11-16,18H,3-7,10,17H2,1-2H3,(H,26,27,28). The van der Waals surface area contributed by atoms with Crippen molar-refractivity contribution in [3.8, 4) is 5.75 Å². The van der Waals surface area contributed by atoms with Crippen LogP contribution < -0.4 is 10.1 Å². The minimum Gasteiger partial charge on any atom is -0.494 e. The molecule has 4 nitrogen and oxygen atoms in total. The molecule has 1 aliphatic heterocycles. The summed E-state index contributed by atoms with van der Waals surface area (Å²) >= 11 is 1.37. The van der Waals surface area contributed by atoms with Gasteiger partial charge >= 0.3 is 0 Å². The van der Waals surface area contributed by atoms with Crippen LogP contribution in [0.15, 0.2) is 58.4 Å². The molecule has 1 fully saturated rings. The summed E-state index contributed by atoms with van der Waals surface area (Å²) in [6, 6.07) is 15.8. The van der Waals surface area contributed by atoms with Crippen LogP contribution in [0.4, 0.5) is 5.69 Å². The third-order valence-electron chi connectivity index (χ3n) is 4.93. The van der Waals surface area contributed by atoms with Crippen LogP contribution in [0.5, 0.6) is 5.75 Å². The molecule has 0 saturated carbocycles. The van der Waals surface area contributed by atoms with E-state index in [0.717, 1.165) is 35.6 Å². The molecule has 0 unspecified atom stereocenters. The van der Waals surface area contributed by atoms with Gasteiger partial charge in [0.1, 0.15) is 5.75 Å². The maximum Gasteiger partial charge on any atom is 0.264 e. The number of amidine groups is 1. The van der Waals surface area contributed by atoms with E-state index in [1.54, 1.807) is 0 Å². The fourth-order valence-corrected chi connectivity index (χ4v) is 4.00. The molecule has 0 aromatic heterocycles. The van der Waals surface area contributed by atoms with E-state index in [4.69, 9.17) is 4.74 Å². The molecule has 2 aromatic rings. The summed E-state index contributed by atoms with van der Waals surface area (Å²) in [5.41, 5.74) is 2.92. The molecule has 5 heteroatoms. The van der Waals surface area contributed by atoms with Crippen molar-refractivity contribution >= 4 is 34.6 Å². The average Bonchev–Trinajstić information content (AvgIpc) is 3.09. The molecule has 0 bridgehead atoms. The van der Waals surface area contributed by atoms with E-state index in [1.165, 1.54) is 43.9 Å². The molecule has 1 aliphatic rings. The molecule has 0 spiro atoms. The lowest BCUT2D eigenvalue weighted by Gasteiger charge is -2.06. The highest BCUT2D eigenvalue weighted by Gasteiger charge is 2.23. The third-order valence-corrected chi connectivity index (χ3v) is 5.84. The van der Waals surface area contributed by atoms with Gasteiger partial charge in [-0.3, -0.25) is 4.79 Å². The third kappa shape index (κ3) is 6.77. The monoisotopic (exact) mass is 422 g/mol. The van der Waals surface area contributed by atoms with E-state index in [9.17, 15) is 4.79 Å². The highest BCUT2D eigenvalue weighted by Crippen LogP contribution is 2.29. The van der Waals surface area contributed by atoms with Crippen molar-refractivity contribution in [3.63, 3.8) is 0 Å². The van der Waals surface area contributed by atoms with Crippen LogP contribution in [0, 0.1) is 6.92 Å². The summed E-state index contributed by atoms with van der Waals surface area (Å²) in [6.45, 7) is 5.00. The van der Waals surface area contributed by atoms with Crippen molar-refractivity contribution in [1.29, 1.82) is 0 Å². The molecule has 1 amide bonds. The largest absolute Gasteiger partial charge is 0.494 e. The molecule has 1 heterocycles. The lowest BCUT2D eigenvalue weighted by atomic mass is 10.1. The Hall–Kier alpha value is -2.53. The molecule has 158 valence electrons. The summed E-state index contributed by atoms with van der Waals surface area (Å²) in [7, 11) is 0. The number of benzene rings is 2. The Morgan fingerprint density at radius 3 is 2.50 bits per heavy atom. The van der Waals surface area contributed by atoms with E-state index in [0.29, 0.717) is 10.1 Å². The lowest BCUT2D eigenvalue weighted by Crippen LogP contribution is -2.19. The number of aliphatic imine (C=N–C) groups is 1. The summed E-state index contributed by atoms with van der Waals surface area (Å²) in [5.74, 6) is 0.756. The number of ether oxygens (including phenoxy) is 1. The zero-order chi connectivity index (χ0) is 21.2. The van der Waals surface area contributed by atoms with Gasteiger partial charge in [0.2, 0.25) is 0 Å². The lowest BCUT2D eigenvalue weighted by molar-refractivity contribution is -0.115. The van der Waals surface area contributed by atoms with Gasteiger partial charge in [0.25, 0.3) is 5.91 Å². The molecule has 1 N–H and O–H groups in total. The second-order valence-electron chi connectivity index (χ2n) is 7.45. The van der Waals surface area contributed by atoms with Crippen LogP contribution >= 0.6 is 11.8 Å². The Bertz CT molecular complexity index is 904. The van der Waals surface area contributed by atoms with Gasteiger partial charge in [-0.2, -0.15) is 0 Å². The van der Waals surface area contributed by atoms with Gasteiger partial charge in [0.15, 0.2) is 5.17 Å². The summed E-state index contributed by atoms with van der Waals surface area (Å²) < 4.78 is 5.83. The van der Waals surface area contributed by atoms with E-state index in [1.807, 2.05) is 61.5 Å². The van der Waals surface area contributed by atoms with E-state index in [-0.39, 0.29) is 5.91 Å².